The van der Waals surface area contributed by atoms with Crippen LogP contribution in [0.25, 0.3) is 0 Å². The Morgan fingerprint density at radius 3 is 2.22 bits per heavy atom. The van der Waals surface area contributed by atoms with Crippen molar-refractivity contribution >= 4 is 28.5 Å². The lowest BCUT2D eigenvalue weighted by atomic mass is 10.2. The van der Waals surface area contributed by atoms with E-state index in [0.717, 1.165) is 11.8 Å². The van der Waals surface area contributed by atoms with E-state index in [1.807, 2.05) is 0 Å². The molecule has 0 heterocycles. The largest absolute Gasteiger partial charge is 0.506 e. The number of nitrogens with one attached hydrogen (secondary N) is 1. The lowest BCUT2D eigenvalue weighted by Crippen LogP contribution is -2.13. The van der Waals surface area contributed by atoms with Crippen LogP contribution in [-0.4, -0.2) is 44.1 Å². The molecule has 0 bridgehead atoms. The molecular weight excluding hydrogens is 377 g/mol. The number of amides is 1. The molecule has 0 fully saturated rings. The maximum Gasteiger partial charge on any atom is 0.255 e. The standard InChI is InChI=1S/C18H18FNO6S/c1-24-14-7-11(8-15(25-2)17(14)26-3)27-18(23)10-4-5-13(21)12(6-10)20-16(22)9-19/h4-8,21H,9H2,1-3H3,(H,20,22). The molecule has 0 saturated carbocycles. The van der Waals surface area contributed by atoms with Gasteiger partial charge in [0.05, 0.1) is 27.0 Å². The van der Waals surface area contributed by atoms with Gasteiger partial charge in [0.15, 0.2) is 18.2 Å². The number of ether oxygens (including phenoxy) is 3. The second kappa shape index (κ2) is 9.13. The molecule has 2 aromatic rings. The fourth-order valence-corrected chi connectivity index (χ4v) is 3.02. The van der Waals surface area contributed by atoms with Gasteiger partial charge >= 0.3 is 0 Å². The predicted molar refractivity (Wildman–Crippen MR) is 99.0 cm³/mol. The van der Waals surface area contributed by atoms with Gasteiger partial charge in [0, 0.05) is 10.5 Å². The van der Waals surface area contributed by atoms with E-state index in [4.69, 9.17) is 14.2 Å². The Morgan fingerprint density at radius 2 is 1.70 bits per heavy atom. The Morgan fingerprint density at radius 1 is 1.07 bits per heavy atom. The zero-order chi connectivity index (χ0) is 20.0. The molecule has 144 valence electrons. The molecule has 0 atom stereocenters. The molecule has 0 aliphatic heterocycles. The fraction of sp³-hybridized carbons (Fsp3) is 0.222. The lowest BCUT2D eigenvalue weighted by Gasteiger charge is -2.13. The Balaban J connectivity index is 2.29. The summed E-state index contributed by atoms with van der Waals surface area (Å²) in [5.41, 5.74) is 0.162. The molecular formula is C18H18FNO6S. The average Bonchev–Trinajstić information content (AvgIpc) is 2.68. The summed E-state index contributed by atoms with van der Waals surface area (Å²) in [6, 6.07) is 7.16. The van der Waals surface area contributed by atoms with E-state index in [-0.39, 0.29) is 22.1 Å². The van der Waals surface area contributed by atoms with E-state index in [1.54, 1.807) is 12.1 Å². The number of aromatic hydroxyl groups is 1. The summed E-state index contributed by atoms with van der Waals surface area (Å²) in [4.78, 5) is 24.3. The van der Waals surface area contributed by atoms with Crippen LogP contribution in [0.15, 0.2) is 35.2 Å². The van der Waals surface area contributed by atoms with Crippen molar-refractivity contribution in [1.82, 2.24) is 0 Å². The number of anilines is 1. The van der Waals surface area contributed by atoms with Gasteiger partial charge in [-0.05, 0) is 42.1 Å². The highest BCUT2D eigenvalue weighted by Gasteiger charge is 2.17. The summed E-state index contributed by atoms with van der Waals surface area (Å²) in [5.74, 6) is -0.00141. The molecule has 2 aromatic carbocycles. The van der Waals surface area contributed by atoms with Crippen LogP contribution in [0.2, 0.25) is 0 Å². The van der Waals surface area contributed by atoms with Gasteiger partial charge in [-0.3, -0.25) is 9.59 Å². The number of carbonyl (C=O) groups is 2. The van der Waals surface area contributed by atoms with E-state index in [1.165, 1.54) is 39.5 Å². The predicted octanol–water partition coefficient (Wildman–Crippen LogP) is 3.26. The summed E-state index contributed by atoms with van der Waals surface area (Å²) < 4.78 is 28.1. The third-order valence-corrected chi connectivity index (χ3v) is 4.37. The SMILES string of the molecule is COc1cc(SC(=O)c2ccc(O)c(NC(=O)CF)c2)cc(OC)c1OC. The maximum atomic E-state index is 12.6. The van der Waals surface area contributed by atoms with Crippen LogP contribution < -0.4 is 19.5 Å². The third kappa shape index (κ3) is 4.82. The van der Waals surface area contributed by atoms with Crippen LogP contribution in [0.5, 0.6) is 23.0 Å². The molecule has 0 saturated heterocycles. The summed E-state index contributed by atoms with van der Waals surface area (Å²) in [5, 5.41) is 11.6. The molecule has 27 heavy (non-hydrogen) atoms. The quantitative estimate of drug-likeness (QED) is 0.549. The van der Waals surface area contributed by atoms with Crippen LogP contribution in [0, 0.1) is 0 Å². The van der Waals surface area contributed by atoms with Crippen LogP contribution in [0.4, 0.5) is 10.1 Å². The van der Waals surface area contributed by atoms with Crippen molar-refractivity contribution < 1.29 is 33.3 Å². The van der Waals surface area contributed by atoms with Crippen molar-refractivity contribution in [3.63, 3.8) is 0 Å². The first-order valence-corrected chi connectivity index (χ1v) is 8.46. The zero-order valence-electron chi connectivity index (χ0n) is 14.9. The van der Waals surface area contributed by atoms with Gasteiger partial charge in [0.2, 0.25) is 10.9 Å². The summed E-state index contributed by atoms with van der Waals surface area (Å²) in [7, 11) is 4.41. The van der Waals surface area contributed by atoms with Crippen LogP contribution >= 0.6 is 11.8 Å². The minimum atomic E-state index is -1.24. The van der Waals surface area contributed by atoms with Crippen molar-refractivity contribution in [2.75, 3.05) is 33.3 Å². The number of alkyl halides is 1. The summed E-state index contributed by atoms with van der Waals surface area (Å²) in [6.07, 6.45) is 0. The van der Waals surface area contributed by atoms with Crippen molar-refractivity contribution in [3.8, 4) is 23.0 Å². The molecule has 2 N–H and O–H groups in total. The summed E-state index contributed by atoms with van der Waals surface area (Å²) >= 11 is 0.891. The van der Waals surface area contributed by atoms with Gasteiger partial charge in [0.25, 0.3) is 5.91 Å². The first-order valence-electron chi connectivity index (χ1n) is 7.64. The van der Waals surface area contributed by atoms with Crippen LogP contribution in [0.1, 0.15) is 10.4 Å². The molecule has 0 radical (unpaired) electrons. The maximum absolute atomic E-state index is 12.6. The second-order valence-corrected chi connectivity index (χ2v) is 6.21. The van der Waals surface area contributed by atoms with E-state index in [9.17, 15) is 19.1 Å². The van der Waals surface area contributed by atoms with Gasteiger partial charge in [-0.1, -0.05) is 0 Å². The second-order valence-electron chi connectivity index (χ2n) is 5.16. The number of thioether (sulfide) groups is 1. The van der Waals surface area contributed by atoms with Crippen molar-refractivity contribution in [3.05, 3.63) is 35.9 Å². The van der Waals surface area contributed by atoms with Crippen molar-refractivity contribution in [2.45, 2.75) is 4.90 Å². The van der Waals surface area contributed by atoms with Crippen LogP contribution in [-0.2, 0) is 4.79 Å². The Labute approximate surface area is 159 Å². The van der Waals surface area contributed by atoms with Gasteiger partial charge in [0.1, 0.15) is 5.75 Å². The van der Waals surface area contributed by atoms with E-state index < -0.39 is 12.6 Å². The smallest absolute Gasteiger partial charge is 0.255 e. The van der Waals surface area contributed by atoms with E-state index in [2.05, 4.69) is 5.32 Å². The highest BCUT2D eigenvalue weighted by atomic mass is 32.2. The Kier molecular flexibility index (Phi) is 6.89. The number of hydrogen-bond acceptors (Lipinski definition) is 7. The summed E-state index contributed by atoms with van der Waals surface area (Å²) in [6.45, 7) is -1.24. The van der Waals surface area contributed by atoms with Crippen molar-refractivity contribution in [1.29, 1.82) is 0 Å². The average molecular weight is 395 g/mol. The fourth-order valence-electron chi connectivity index (χ4n) is 2.23. The molecule has 0 unspecified atom stereocenters. The molecule has 9 heteroatoms. The monoisotopic (exact) mass is 395 g/mol. The number of benzene rings is 2. The van der Waals surface area contributed by atoms with Crippen molar-refractivity contribution in [2.24, 2.45) is 0 Å². The number of hydrogen-bond donors (Lipinski definition) is 2. The van der Waals surface area contributed by atoms with Crippen LogP contribution in [0.3, 0.4) is 0 Å². The molecule has 7 nitrogen and oxygen atoms in total. The highest BCUT2D eigenvalue weighted by Crippen LogP contribution is 2.41. The molecule has 0 aliphatic carbocycles. The molecule has 0 spiro atoms. The van der Waals surface area contributed by atoms with E-state index >= 15 is 0 Å². The van der Waals surface area contributed by atoms with Gasteiger partial charge < -0.3 is 24.6 Å². The Bertz CT molecular complexity index is 833. The molecule has 0 aliphatic rings. The Hall–Kier alpha value is -2.94. The number of methoxy groups -OCH3 is 3. The number of phenolic OH excluding ortho intramolecular Hbond substituents is 1. The normalized spacial score (nSPS) is 10.2. The molecule has 2 rings (SSSR count). The van der Waals surface area contributed by atoms with Gasteiger partial charge in [-0.2, -0.15) is 0 Å². The van der Waals surface area contributed by atoms with Gasteiger partial charge in [-0.15, -0.1) is 0 Å². The number of halogens is 1. The number of carbonyl (C=O) groups excluding carboxylic acids is 2. The topological polar surface area (TPSA) is 94.1 Å². The number of phenols is 1. The number of rotatable bonds is 7. The highest BCUT2D eigenvalue weighted by molar-refractivity contribution is 8.14. The first-order chi connectivity index (χ1) is 12.9. The third-order valence-electron chi connectivity index (χ3n) is 3.48. The minimum Gasteiger partial charge on any atom is -0.506 e. The van der Waals surface area contributed by atoms with Gasteiger partial charge in [-0.25, -0.2) is 4.39 Å². The molecule has 0 aromatic heterocycles. The minimum absolute atomic E-state index is 0.0472. The molecule has 1 amide bonds. The first kappa shape index (κ1) is 20.4. The lowest BCUT2D eigenvalue weighted by molar-refractivity contribution is -0.117. The zero-order valence-corrected chi connectivity index (χ0v) is 15.7. The van der Waals surface area contributed by atoms with E-state index in [0.29, 0.717) is 22.1 Å².